The molecule has 0 fully saturated rings. The summed E-state index contributed by atoms with van der Waals surface area (Å²) in [5, 5.41) is 9.61. The Morgan fingerprint density at radius 2 is 1.77 bits per heavy atom. The minimum absolute atomic E-state index is 0.131. The van der Waals surface area contributed by atoms with E-state index in [-0.39, 0.29) is 30.0 Å². The Bertz CT molecular complexity index is 1280. The second-order valence-corrected chi connectivity index (χ2v) is 7.69. The van der Waals surface area contributed by atoms with Gasteiger partial charge in [0.05, 0.1) is 29.6 Å². The molecule has 0 unspecified atom stereocenters. The molecule has 4 rings (SSSR count). The number of hydrogen-bond donors (Lipinski definition) is 2. The van der Waals surface area contributed by atoms with Crippen molar-refractivity contribution in [3.63, 3.8) is 0 Å². The van der Waals surface area contributed by atoms with E-state index in [1.54, 1.807) is 13.8 Å². The van der Waals surface area contributed by atoms with Crippen molar-refractivity contribution in [2.24, 2.45) is 0 Å². The van der Waals surface area contributed by atoms with Crippen molar-refractivity contribution in [3.05, 3.63) is 83.4 Å². The topological polar surface area (TPSA) is 112 Å². The molecule has 0 aliphatic carbocycles. The van der Waals surface area contributed by atoms with Crippen molar-refractivity contribution in [2.75, 3.05) is 13.2 Å². The molecular formula is C25H23FN4O5. The molecule has 0 saturated heterocycles. The zero-order valence-electron chi connectivity index (χ0n) is 19.1. The minimum atomic E-state index is -0.734. The zero-order chi connectivity index (χ0) is 24.9. The molecule has 0 radical (unpaired) electrons. The molecule has 0 bridgehead atoms. The number of benzene rings is 2. The molecule has 1 aliphatic heterocycles. The van der Waals surface area contributed by atoms with Gasteiger partial charge in [0.25, 0.3) is 0 Å². The first-order valence-corrected chi connectivity index (χ1v) is 10.9. The number of para-hydroxylation sites is 1. The molecule has 1 aromatic heterocycles. The van der Waals surface area contributed by atoms with Crippen LogP contribution in [0.4, 0.5) is 9.18 Å². The second-order valence-electron chi connectivity index (χ2n) is 7.69. The van der Waals surface area contributed by atoms with E-state index in [1.807, 2.05) is 30.3 Å². The summed E-state index contributed by atoms with van der Waals surface area (Å²) >= 11 is 0. The van der Waals surface area contributed by atoms with Crippen LogP contribution in [0, 0.1) is 5.82 Å². The molecule has 9 nitrogen and oxygen atoms in total. The van der Waals surface area contributed by atoms with Crippen LogP contribution in [-0.4, -0.2) is 47.0 Å². The fraction of sp³-hybridized carbons (Fsp3) is 0.200. The van der Waals surface area contributed by atoms with Gasteiger partial charge in [-0.05, 0) is 50.2 Å². The van der Waals surface area contributed by atoms with Gasteiger partial charge in [-0.1, -0.05) is 18.2 Å². The van der Waals surface area contributed by atoms with Gasteiger partial charge in [0.1, 0.15) is 23.7 Å². The smallest absolute Gasteiger partial charge is 0.342 e. The van der Waals surface area contributed by atoms with Crippen LogP contribution in [0.5, 0.6) is 0 Å². The average molecular weight is 478 g/mol. The van der Waals surface area contributed by atoms with Gasteiger partial charge in [-0.3, -0.25) is 0 Å². The Kier molecular flexibility index (Phi) is 6.91. The second kappa shape index (κ2) is 10.2. The van der Waals surface area contributed by atoms with Crippen LogP contribution < -0.4 is 10.6 Å². The van der Waals surface area contributed by atoms with Gasteiger partial charge < -0.3 is 20.1 Å². The van der Waals surface area contributed by atoms with Crippen LogP contribution in [0.25, 0.3) is 16.9 Å². The van der Waals surface area contributed by atoms with E-state index >= 15 is 0 Å². The maximum atomic E-state index is 13.5. The van der Waals surface area contributed by atoms with Gasteiger partial charge in [0, 0.05) is 11.8 Å². The maximum absolute atomic E-state index is 13.5. The number of carbonyl (C=O) groups excluding carboxylic acids is 3. The fourth-order valence-electron chi connectivity index (χ4n) is 3.67. The maximum Gasteiger partial charge on any atom is 0.342 e. The summed E-state index contributed by atoms with van der Waals surface area (Å²) in [6.45, 7) is 3.07. The summed E-state index contributed by atoms with van der Waals surface area (Å²) < 4.78 is 25.6. The van der Waals surface area contributed by atoms with Crippen molar-refractivity contribution < 1.29 is 28.2 Å². The Morgan fingerprint density at radius 1 is 1.06 bits per heavy atom. The molecule has 2 heterocycles. The number of halogens is 1. The van der Waals surface area contributed by atoms with E-state index in [1.165, 1.54) is 35.1 Å². The van der Waals surface area contributed by atoms with Gasteiger partial charge in [-0.15, -0.1) is 0 Å². The number of ether oxygens (including phenoxy) is 2. The SMILES string of the molecule is CCOC(=O)C1=C(COC(=O)c2cn(-c3ccccc3)nc2-c2ccc(F)cc2)NC(=O)N[C@H]1C. The summed E-state index contributed by atoms with van der Waals surface area (Å²) in [6.07, 6.45) is 1.51. The lowest BCUT2D eigenvalue weighted by atomic mass is 10.0. The number of nitrogens with one attached hydrogen (secondary N) is 2. The Labute approximate surface area is 200 Å². The first kappa shape index (κ1) is 23.7. The zero-order valence-corrected chi connectivity index (χ0v) is 19.1. The molecule has 0 saturated carbocycles. The predicted molar refractivity (Wildman–Crippen MR) is 124 cm³/mol. The number of rotatable bonds is 7. The van der Waals surface area contributed by atoms with Crippen LogP contribution >= 0.6 is 0 Å². The molecule has 1 aliphatic rings. The van der Waals surface area contributed by atoms with Crippen LogP contribution in [0.2, 0.25) is 0 Å². The van der Waals surface area contributed by atoms with Crippen molar-refractivity contribution >= 4 is 18.0 Å². The molecule has 0 spiro atoms. The lowest BCUT2D eigenvalue weighted by Gasteiger charge is -2.26. The largest absolute Gasteiger partial charge is 0.463 e. The van der Waals surface area contributed by atoms with Gasteiger partial charge in [-0.2, -0.15) is 5.10 Å². The number of nitrogens with zero attached hydrogens (tertiary/aromatic N) is 2. The van der Waals surface area contributed by atoms with E-state index in [0.29, 0.717) is 16.9 Å². The normalized spacial score (nSPS) is 15.3. The molecule has 35 heavy (non-hydrogen) atoms. The molecule has 10 heteroatoms. The van der Waals surface area contributed by atoms with E-state index in [9.17, 15) is 18.8 Å². The van der Waals surface area contributed by atoms with Crippen LogP contribution in [0.3, 0.4) is 0 Å². The van der Waals surface area contributed by atoms with Crippen LogP contribution in [-0.2, 0) is 14.3 Å². The van der Waals surface area contributed by atoms with Crippen molar-refractivity contribution in [2.45, 2.75) is 19.9 Å². The summed E-state index contributed by atoms with van der Waals surface area (Å²) in [7, 11) is 0. The summed E-state index contributed by atoms with van der Waals surface area (Å²) in [4.78, 5) is 37.5. The molecule has 3 aromatic rings. The number of carbonyl (C=O) groups is 3. The van der Waals surface area contributed by atoms with Crippen LogP contribution in [0.15, 0.2) is 72.1 Å². The summed E-state index contributed by atoms with van der Waals surface area (Å²) in [5.74, 6) is -1.78. The van der Waals surface area contributed by atoms with Gasteiger partial charge >= 0.3 is 18.0 Å². The minimum Gasteiger partial charge on any atom is -0.463 e. The highest BCUT2D eigenvalue weighted by atomic mass is 19.1. The lowest BCUT2D eigenvalue weighted by molar-refractivity contribution is -0.139. The summed E-state index contributed by atoms with van der Waals surface area (Å²) in [5.41, 5.74) is 1.95. The predicted octanol–water partition coefficient (Wildman–Crippen LogP) is 3.35. The first-order valence-electron chi connectivity index (χ1n) is 10.9. The summed E-state index contributed by atoms with van der Waals surface area (Å²) in [6, 6.07) is 13.6. The quantitative estimate of drug-likeness (QED) is 0.504. The van der Waals surface area contributed by atoms with Crippen molar-refractivity contribution in [1.82, 2.24) is 20.4 Å². The lowest BCUT2D eigenvalue weighted by Crippen LogP contribution is -2.50. The third-order valence-electron chi connectivity index (χ3n) is 5.29. The van der Waals surface area contributed by atoms with E-state index in [2.05, 4.69) is 15.7 Å². The van der Waals surface area contributed by atoms with E-state index in [0.717, 1.165) is 0 Å². The molecular weight excluding hydrogens is 455 g/mol. The highest BCUT2D eigenvalue weighted by Gasteiger charge is 2.31. The van der Waals surface area contributed by atoms with E-state index < -0.39 is 29.8 Å². The third-order valence-corrected chi connectivity index (χ3v) is 5.29. The van der Waals surface area contributed by atoms with Crippen LogP contribution in [0.1, 0.15) is 24.2 Å². The molecule has 180 valence electrons. The van der Waals surface area contributed by atoms with Crippen molar-refractivity contribution in [3.8, 4) is 16.9 Å². The average Bonchev–Trinajstić information content (AvgIpc) is 3.29. The first-order chi connectivity index (χ1) is 16.9. The third kappa shape index (κ3) is 5.21. The van der Waals surface area contributed by atoms with E-state index in [4.69, 9.17) is 9.47 Å². The van der Waals surface area contributed by atoms with Gasteiger partial charge in [0.15, 0.2) is 0 Å². The highest BCUT2D eigenvalue weighted by molar-refractivity contribution is 5.97. The molecule has 2 amide bonds. The van der Waals surface area contributed by atoms with Crippen molar-refractivity contribution in [1.29, 1.82) is 0 Å². The molecule has 2 aromatic carbocycles. The highest BCUT2D eigenvalue weighted by Crippen LogP contribution is 2.25. The Morgan fingerprint density at radius 3 is 2.46 bits per heavy atom. The molecule has 1 atom stereocenters. The number of urea groups is 1. The fourth-order valence-corrected chi connectivity index (χ4v) is 3.67. The van der Waals surface area contributed by atoms with Gasteiger partial charge in [-0.25, -0.2) is 23.5 Å². The Balaban J connectivity index is 1.66. The number of hydrogen-bond acceptors (Lipinski definition) is 6. The molecule has 2 N–H and O–H groups in total. The number of esters is 2. The standard InChI is InChI=1S/C25H23FN4O5/c1-3-34-24(32)21-15(2)27-25(33)28-20(21)14-35-23(31)19-13-30(18-7-5-4-6-8-18)29-22(19)16-9-11-17(26)12-10-16/h4-13,15H,3,14H2,1-2H3,(H2,27,28,33)/t15-/m0/s1. The van der Waals surface area contributed by atoms with Gasteiger partial charge in [0.2, 0.25) is 0 Å². The monoisotopic (exact) mass is 478 g/mol. The number of aromatic nitrogens is 2. The number of amides is 2. The Hall–Kier alpha value is -4.47.